The molecule has 2 aromatic heterocycles. The van der Waals surface area contributed by atoms with E-state index in [2.05, 4.69) is 10.3 Å². The van der Waals surface area contributed by atoms with E-state index in [0.29, 0.717) is 16.3 Å². The Morgan fingerprint density at radius 3 is 2.83 bits per heavy atom. The average Bonchev–Trinajstić information content (AvgIpc) is 3.08. The molecule has 0 atom stereocenters. The zero-order valence-corrected chi connectivity index (χ0v) is 17.3. The zero-order chi connectivity index (χ0) is 21.0. The second kappa shape index (κ2) is 8.62. The highest BCUT2D eigenvalue weighted by atomic mass is 35.5. The molecule has 0 aliphatic rings. The van der Waals surface area contributed by atoms with Gasteiger partial charge in [-0.15, -0.1) is 11.3 Å². The molecule has 29 heavy (non-hydrogen) atoms. The summed E-state index contributed by atoms with van der Waals surface area (Å²) in [4.78, 5) is 18.3. The van der Waals surface area contributed by atoms with Crippen molar-refractivity contribution in [2.45, 2.75) is 26.0 Å². The Hall–Kier alpha value is -2.92. The van der Waals surface area contributed by atoms with Crippen LogP contribution in [-0.4, -0.2) is 16.0 Å². The predicted molar refractivity (Wildman–Crippen MR) is 111 cm³/mol. The summed E-state index contributed by atoms with van der Waals surface area (Å²) in [6, 6.07) is 13.6. The zero-order valence-electron chi connectivity index (χ0n) is 15.8. The molecule has 0 unspecified atom stereocenters. The van der Waals surface area contributed by atoms with E-state index in [-0.39, 0.29) is 23.9 Å². The van der Waals surface area contributed by atoms with Crippen molar-refractivity contribution in [3.63, 3.8) is 0 Å². The number of aliphatic hydroxyl groups is 1. The van der Waals surface area contributed by atoms with Gasteiger partial charge in [-0.2, -0.15) is 5.26 Å². The molecule has 0 saturated carbocycles. The topological polar surface area (TPSA) is 95.2 Å². The van der Waals surface area contributed by atoms with Crippen LogP contribution >= 0.6 is 22.9 Å². The Balaban J connectivity index is 1.75. The number of nitriles is 1. The quantitative estimate of drug-likeness (QED) is 0.598. The monoisotopic (exact) mass is 427 g/mol. The van der Waals surface area contributed by atoms with Crippen LogP contribution in [0.4, 0.5) is 0 Å². The molecular weight excluding hydrogens is 410 g/mol. The number of nitrogens with zero attached hydrogens (tertiary/aromatic N) is 2. The van der Waals surface area contributed by atoms with E-state index in [9.17, 15) is 9.90 Å². The number of benzene rings is 1. The first kappa shape index (κ1) is 20.8. The van der Waals surface area contributed by atoms with Gasteiger partial charge >= 0.3 is 0 Å². The van der Waals surface area contributed by atoms with E-state index in [0.717, 1.165) is 9.75 Å². The number of halogens is 1. The lowest BCUT2D eigenvalue weighted by molar-refractivity contribution is 0.0825. The standard InChI is InChI=1S/C21H18ClN3O3S/c1-21(2,27)18-10-16(22)17(29-18)12-25-19(26)15-7-4-8-24-20(15)28-14-6-3-5-13(9-14)11-23/h3-10,27H,12H2,1-2H3,(H,25,26). The molecule has 0 radical (unpaired) electrons. The van der Waals surface area contributed by atoms with Crippen molar-refractivity contribution in [3.8, 4) is 17.7 Å². The summed E-state index contributed by atoms with van der Waals surface area (Å²) in [5.41, 5.74) is -0.302. The third-order valence-electron chi connectivity index (χ3n) is 3.96. The van der Waals surface area contributed by atoms with Crippen LogP contribution in [0.25, 0.3) is 0 Å². The third kappa shape index (κ3) is 5.12. The molecule has 1 aromatic carbocycles. The van der Waals surface area contributed by atoms with Crippen molar-refractivity contribution >= 4 is 28.8 Å². The van der Waals surface area contributed by atoms with Gasteiger partial charge in [0.05, 0.1) is 28.8 Å². The Labute approximate surface area is 177 Å². The molecular formula is C21H18ClN3O3S. The van der Waals surface area contributed by atoms with Crippen molar-refractivity contribution in [2.75, 3.05) is 0 Å². The Bertz CT molecular complexity index is 1080. The second-order valence-electron chi connectivity index (χ2n) is 6.72. The summed E-state index contributed by atoms with van der Waals surface area (Å²) >= 11 is 7.57. The van der Waals surface area contributed by atoms with Gasteiger partial charge in [0.2, 0.25) is 5.88 Å². The van der Waals surface area contributed by atoms with Gasteiger partial charge in [0.1, 0.15) is 11.3 Å². The number of rotatable bonds is 6. The van der Waals surface area contributed by atoms with Gasteiger partial charge in [0.25, 0.3) is 5.91 Å². The predicted octanol–water partition coefficient (Wildman–Crippen LogP) is 4.62. The Morgan fingerprint density at radius 1 is 1.34 bits per heavy atom. The number of pyridine rings is 1. The maximum Gasteiger partial charge on any atom is 0.257 e. The summed E-state index contributed by atoms with van der Waals surface area (Å²) in [6.07, 6.45) is 1.52. The fourth-order valence-electron chi connectivity index (χ4n) is 2.47. The van der Waals surface area contributed by atoms with E-state index in [1.807, 2.05) is 6.07 Å². The van der Waals surface area contributed by atoms with Crippen LogP contribution in [0.3, 0.4) is 0 Å². The number of carbonyl (C=O) groups excluding carboxylic acids is 1. The minimum absolute atomic E-state index is 0.134. The summed E-state index contributed by atoms with van der Waals surface area (Å²) in [6.45, 7) is 3.56. The van der Waals surface area contributed by atoms with Gasteiger partial charge in [-0.05, 0) is 50.2 Å². The molecule has 6 nitrogen and oxygen atoms in total. The van der Waals surface area contributed by atoms with Crippen molar-refractivity contribution in [2.24, 2.45) is 0 Å². The first-order valence-corrected chi connectivity index (χ1v) is 9.89. The molecule has 0 saturated heterocycles. The number of ether oxygens (including phenoxy) is 1. The number of carbonyl (C=O) groups is 1. The molecule has 0 bridgehead atoms. The molecule has 8 heteroatoms. The number of aromatic nitrogens is 1. The van der Waals surface area contributed by atoms with Gasteiger partial charge in [-0.1, -0.05) is 17.7 Å². The first-order valence-electron chi connectivity index (χ1n) is 8.70. The van der Waals surface area contributed by atoms with E-state index >= 15 is 0 Å². The molecule has 0 aliphatic carbocycles. The maximum absolute atomic E-state index is 12.7. The molecule has 3 aromatic rings. The van der Waals surface area contributed by atoms with Crippen molar-refractivity contribution in [1.29, 1.82) is 5.26 Å². The lowest BCUT2D eigenvalue weighted by atomic mass is 10.1. The van der Waals surface area contributed by atoms with E-state index < -0.39 is 5.60 Å². The minimum atomic E-state index is -1.00. The number of hydrogen-bond donors (Lipinski definition) is 2. The lowest BCUT2D eigenvalue weighted by Crippen LogP contribution is -2.23. The van der Waals surface area contributed by atoms with Crippen LogP contribution in [0.2, 0.25) is 5.02 Å². The largest absolute Gasteiger partial charge is 0.438 e. The number of nitrogens with one attached hydrogen (secondary N) is 1. The molecule has 3 rings (SSSR count). The van der Waals surface area contributed by atoms with E-state index in [1.165, 1.54) is 17.5 Å². The van der Waals surface area contributed by atoms with Crippen LogP contribution in [0.1, 0.15) is 39.5 Å². The summed E-state index contributed by atoms with van der Waals surface area (Å²) in [5.74, 6) is 0.168. The average molecular weight is 428 g/mol. The highest BCUT2D eigenvalue weighted by molar-refractivity contribution is 7.12. The van der Waals surface area contributed by atoms with Crippen molar-refractivity contribution < 1.29 is 14.6 Å². The van der Waals surface area contributed by atoms with Crippen LogP contribution in [0, 0.1) is 11.3 Å². The van der Waals surface area contributed by atoms with Gasteiger partial charge in [-0.25, -0.2) is 4.98 Å². The van der Waals surface area contributed by atoms with Gasteiger partial charge < -0.3 is 15.2 Å². The fourth-order valence-corrected chi connectivity index (χ4v) is 3.82. The molecule has 2 N–H and O–H groups in total. The molecule has 148 valence electrons. The fraction of sp³-hybridized carbons (Fsp3) is 0.190. The normalized spacial score (nSPS) is 11.0. The Morgan fingerprint density at radius 2 is 2.14 bits per heavy atom. The van der Waals surface area contributed by atoms with Gasteiger partial charge in [0.15, 0.2) is 0 Å². The number of hydrogen-bond acceptors (Lipinski definition) is 6. The molecule has 0 aliphatic heterocycles. The number of amides is 1. The maximum atomic E-state index is 12.7. The van der Waals surface area contributed by atoms with Gasteiger partial charge in [0, 0.05) is 16.0 Å². The van der Waals surface area contributed by atoms with Crippen LogP contribution < -0.4 is 10.1 Å². The third-order valence-corrected chi connectivity index (χ3v) is 5.86. The number of thiophene rings is 1. The van der Waals surface area contributed by atoms with Crippen LogP contribution in [0.5, 0.6) is 11.6 Å². The highest BCUT2D eigenvalue weighted by Gasteiger charge is 2.21. The SMILES string of the molecule is CC(C)(O)c1cc(Cl)c(CNC(=O)c2cccnc2Oc2cccc(C#N)c2)s1. The van der Waals surface area contributed by atoms with Gasteiger partial charge in [-0.3, -0.25) is 4.79 Å². The summed E-state index contributed by atoms with van der Waals surface area (Å²) < 4.78 is 5.72. The smallest absolute Gasteiger partial charge is 0.257 e. The first-order chi connectivity index (χ1) is 13.8. The highest BCUT2D eigenvalue weighted by Crippen LogP contribution is 2.34. The Kier molecular flexibility index (Phi) is 6.18. The van der Waals surface area contributed by atoms with Crippen molar-refractivity contribution in [3.05, 3.63) is 74.6 Å². The lowest BCUT2D eigenvalue weighted by Gasteiger charge is -2.14. The molecule has 0 fully saturated rings. The molecule has 1 amide bonds. The van der Waals surface area contributed by atoms with Crippen LogP contribution in [-0.2, 0) is 12.1 Å². The van der Waals surface area contributed by atoms with E-state index in [4.69, 9.17) is 21.6 Å². The summed E-state index contributed by atoms with van der Waals surface area (Å²) in [7, 11) is 0. The molecule has 2 heterocycles. The van der Waals surface area contributed by atoms with Crippen molar-refractivity contribution in [1.82, 2.24) is 10.3 Å². The minimum Gasteiger partial charge on any atom is -0.438 e. The van der Waals surface area contributed by atoms with Crippen LogP contribution in [0.15, 0.2) is 48.7 Å². The summed E-state index contributed by atoms with van der Waals surface area (Å²) in [5, 5.41) is 22.4. The molecule has 0 spiro atoms. The van der Waals surface area contributed by atoms with E-state index in [1.54, 1.807) is 56.3 Å². The second-order valence-corrected chi connectivity index (χ2v) is 8.27.